The molecule has 0 spiro atoms. The zero-order chi connectivity index (χ0) is 18.8. The van der Waals surface area contributed by atoms with Gasteiger partial charge in [-0.15, -0.1) is 0 Å². The molecule has 1 amide bonds. The zero-order valence-corrected chi connectivity index (χ0v) is 16.1. The molecule has 0 bridgehead atoms. The van der Waals surface area contributed by atoms with Crippen molar-refractivity contribution in [3.05, 3.63) is 58.0 Å². The highest BCUT2D eigenvalue weighted by Gasteiger charge is 2.20. The van der Waals surface area contributed by atoms with E-state index in [0.29, 0.717) is 22.2 Å². The van der Waals surface area contributed by atoms with Crippen LogP contribution in [0.3, 0.4) is 0 Å². The molecule has 0 aliphatic rings. The van der Waals surface area contributed by atoms with Gasteiger partial charge in [-0.3, -0.25) is 9.20 Å². The Kier molecular flexibility index (Phi) is 5.18. The number of aromatic nitrogens is 2. The summed E-state index contributed by atoms with van der Waals surface area (Å²) in [5.74, 6) is 0.306. The van der Waals surface area contributed by atoms with E-state index in [0.717, 1.165) is 35.3 Å². The van der Waals surface area contributed by atoms with Crippen LogP contribution >= 0.6 is 11.6 Å². The van der Waals surface area contributed by atoms with Gasteiger partial charge in [0, 0.05) is 17.3 Å². The topological polar surface area (TPSA) is 55.6 Å². The second-order valence-electron chi connectivity index (χ2n) is 6.35. The second kappa shape index (κ2) is 7.38. The number of ether oxygens (including phenoxy) is 1. The number of anilines is 1. The number of halogens is 1. The van der Waals surface area contributed by atoms with Crippen LogP contribution in [-0.4, -0.2) is 22.4 Å². The highest BCUT2D eigenvalue weighted by atomic mass is 35.5. The predicted molar refractivity (Wildman–Crippen MR) is 105 cm³/mol. The van der Waals surface area contributed by atoms with Gasteiger partial charge in [-0.2, -0.15) is 0 Å². The van der Waals surface area contributed by atoms with Crippen LogP contribution in [0.2, 0.25) is 5.02 Å². The molecule has 0 saturated carbocycles. The molecule has 26 heavy (non-hydrogen) atoms. The Morgan fingerprint density at radius 3 is 2.77 bits per heavy atom. The van der Waals surface area contributed by atoms with E-state index in [2.05, 4.69) is 17.2 Å². The maximum Gasteiger partial charge on any atom is 0.274 e. The van der Waals surface area contributed by atoms with Crippen molar-refractivity contribution >= 4 is 28.8 Å². The number of hydrogen-bond donors (Lipinski definition) is 1. The molecule has 3 aromatic rings. The average molecular weight is 372 g/mol. The molecule has 0 aliphatic heterocycles. The molecule has 0 saturated heterocycles. The lowest BCUT2D eigenvalue weighted by Gasteiger charge is -2.13. The third-order valence-electron chi connectivity index (χ3n) is 4.28. The van der Waals surface area contributed by atoms with E-state index in [9.17, 15) is 4.79 Å². The first-order valence-electron chi connectivity index (χ1n) is 8.57. The summed E-state index contributed by atoms with van der Waals surface area (Å²) in [5, 5.41) is 3.55. The van der Waals surface area contributed by atoms with Crippen LogP contribution in [0.5, 0.6) is 5.75 Å². The number of methoxy groups -OCH3 is 1. The maximum atomic E-state index is 13.1. The number of hydrogen-bond acceptors (Lipinski definition) is 3. The lowest BCUT2D eigenvalue weighted by Crippen LogP contribution is -2.17. The van der Waals surface area contributed by atoms with Crippen LogP contribution in [0.1, 0.15) is 40.7 Å². The molecule has 136 valence electrons. The molecule has 3 rings (SSSR count). The highest BCUT2D eigenvalue weighted by molar-refractivity contribution is 6.31. The number of rotatable bonds is 5. The predicted octanol–water partition coefficient (Wildman–Crippen LogP) is 4.82. The SMILES string of the molecule is CCCc1nc2cc(C)ccn2c1C(=O)Nc1cc(C)c(Cl)cc1OC. The number of aryl methyl sites for hydroxylation is 3. The molecule has 5 nitrogen and oxygen atoms in total. The Labute approximate surface area is 158 Å². The molecule has 2 heterocycles. The maximum absolute atomic E-state index is 13.1. The average Bonchev–Trinajstić information content (AvgIpc) is 2.95. The van der Waals surface area contributed by atoms with E-state index in [1.54, 1.807) is 13.2 Å². The molecule has 0 radical (unpaired) electrons. The van der Waals surface area contributed by atoms with Gasteiger partial charge in [0.05, 0.1) is 18.5 Å². The largest absolute Gasteiger partial charge is 0.495 e. The van der Waals surface area contributed by atoms with Gasteiger partial charge in [0.2, 0.25) is 0 Å². The van der Waals surface area contributed by atoms with Crippen molar-refractivity contribution in [2.24, 2.45) is 0 Å². The Balaban J connectivity index is 2.05. The molecule has 1 N–H and O–H groups in total. The quantitative estimate of drug-likeness (QED) is 0.699. The van der Waals surface area contributed by atoms with Gasteiger partial charge in [0.15, 0.2) is 0 Å². The number of amides is 1. The van der Waals surface area contributed by atoms with Crippen LogP contribution in [0.15, 0.2) is 30.5 Å². The van der Waals surface area contributed by atoms with Gasteiger partial charge in [-0.1, -0.05) is 24.9 Å². The Morgan fingerprint density at radius 2 is 2.08 bits per heavy atom. The summed E-state index contributed by atoms with van der Waals surface area (Å²) in [6.45, 7) is 5.97. The van der Waals surface area contributed by atoms with Crippen molar-refractivity contribution in [2.75, 3.05) is 12.4 Å². The highest BCUT2D eigenvalue weighted by Crippen LogP contribution is 2.31. The third-order valence-corrected chi connectivity index (χ3v) is 4.69. The first-order valence-corrected chi connectivity index (χ1v) is 8.95. The summed E-state index contributed by atoms with van der Waals surface area (Å²) in [4.78, 5) is 17.7. The molecule has 0 fully saturated rings. The van der Waals surface area contributed by atoms with E-state index < -0.39 is 0 Å². The van der Waals surface area contributed by atoms with E-state index in [1.807, 2.05) is 42.6 Å². The van der Waals surface area contributed by atoms with Gasteiger partial charge in [0.1, 0.15) is 17.1 Å². The van der Waals surface area contributed by atoms with E-state index in [4.69, 9.17) is 16.3 Å². The van der Waals surface area contributed by atoms with Gasteiger partial charge >= 0.3 is 0 Å². The van der Waals surface area contributed by atoms with Crippen LogP contribution in [-0.2, 0) is 6.42 Å². The number of carbonyl (C=O) groups is 1. The molecule has 2 aromatic heterocycles. The van der Waals surface area contributed by atoms with Crippen molar-refractivity contribution < 1.29 is 9.53 Å². The number of nitrogens with zero attached hydrogens (tertiary/aromatic N) is 2. The van der Waals surface area contributed by atoms with Crippen LogP contribution in [0, 0.1) is 13.8 Å². The van der Waals surface area contributed by atoms with Gasteiger partial charge in [0.25, 0.3) is 5.91 Å². The monoisotopic (exact) mass is 371 g/mol. The van der Waals surface area contributed by atoms with Crippen LogP contribution in [0.4, 0.5) is 5.69 Å². The summed E-state index contributed by atoms with van der Waals surface area (Å²) in [7, 11) is 1.55. The van der Waals surface area contributed by atoms with Crippen molar-refractivity contribution in [3.63, 3.8) is 0 Å². The summed E-state index contributed by atoms with van der Waals surface area (Å²) < 4.78 is 7.19. The summed E-state index contributed by atoms with van der Waals surface area (Å²) >= 11 is 6.15. The van der Waals surface area contributed by atoms with E-state index in [1.165, 1.54) is 0 Å². The fraction of sp³-hybridized carbons (Fsp3) is 0.300. The number of pyridine rings is 1. The van der Waals surface area contributed by atoms with Crippen LogP contribution < -0.4 is 10.1 Å². The minimum absolute atomic E-state index is 0.218. The fourth-order valence-electron chi connectivity index (χ4n) is 2.96. The molecule has 0 aliphatic carbocycles. The molecule has 1 aromatic carbocycles. The third kappa shape index (κ3) is 3.40. The lowest BCUT2D eigenvalue weighted by atomic mass is 10.1. The number of carbonyl (C=O) groups excluding carboxylic acids is 1. The normalized spacial score (nSPS) is 11.0. The van der Waals surface area contributed by atoms with Gasteiger partial charge in [-0.05, 0) is 49.6 Å². The van der Waals surface area contributed by atoms with Crippen molar-refractivity contribution in [2.45, 2.75) is 33.6 Å². The first kappa shape index (κ1) is 18.3. The van der Waals surface area contributed by atoms with Gasteiger partial charge < -0.3 is 10.1 Å². The second-order valence-corrected chi connectivity index (χ2v) is 6.75. The number of benzene rings is 1. The van der Waals surface area contributed by atoms with Crippen LogP contribution in [0.25, 0.3) is 5.65 Å². The molecular formula is C20H22ClN3O2. The Bertz CT molecular complexity index is 979. The van der Waals surface area contributed by atoms with Gasteiger partial charge in [-0.25, -0.2) is 4.98 Å². The minimum Gasteiger partial charge on any atom is -0.495 e. The standard InChI is InChI=1S/C20H22ClN3O2/c1-5-6-15-19(24-8-7-12(2)9-18(24)22-15)20(25)23-16-10-13(3)14(21)11-17(16)26-4/h7-11H,5-6H2,1-4H3,(H,23,25). The molecule has 0 unspecified atom stereocenters. The Morgan fingerprint density at radius 1 is 1.31 bits per heavy atom. The fourth-order valence-corrected chi connectivity index (χ4v) is 3.11. The van der Waals surface area contributed by atoms with E-state index in [-0.39, 0.29) is 5.91 Å². The minimum atomic E-state index is -0.218. The zero-order valence-electron chi connectivity index (χ0n) is 15.4. The Hall–Kier alpha value is -2.53. The van der Waals surface area contributed by atoms with Crippen molar-refractivity contribution in [1.82, 2.24) is 9.38 Å². The molecule has 0 atom stereocenters. The number of fused-ring (bicyclic) bond motifs is 1. The number of imidazole rings is 1. The van der Waals surface area contributed by atoms with E-state index >= 15 is 0 Å². The van der Waals surface area contributed by atoms with Crippen molar-refractivity contribution in [1.29, 1.82) is 0 Å². The lowest BCUT2D eigenvalue weighted by molar-refractivity contribution is 0.102. The number of nitrogens with one attached hydrogen (secondary N) is 1. The summed E-state index contributed by atoms with van der Waals surface area (Å²) in [6.07, 6.45) is 3.53. The van der Waals surface area contributed by atoms with Crippen molar-refractivity contribution in [3.8, 4) is 5.75 Å². The molecule has 6 heteroatoms. The summed E-state index contributed by atoms with van der Waals surface area (Å²) in [5.41, 5.74) is 4.68. The smallest absolute Gasteiger partial charge is 0.274 e. The first-order chi connectivity index (χ1) is 12.4. The molecular weight excluding hydrogens is 350 g/mol. The summed E-state index contributed by atoms with van der Waals surface area (Å²) in [6, 6.07) is 7.46.